The lowest BCUT2D eigenvalue weighted by Crippen LogP contribution is -2.38. The van der Waals surface area contributed by atoms with Crippen LogP contribution in [0.4, 0.5) is 0 Å². The van der Waals surface area contributed by atoms with Gasteiger partial charge in [0.1, 0.15) is 18.4 Å². The minimum absolute atomic E-state index is 0.0720. The first kappa shape index (κ1) is 16.0. The molecule has 1 fully saturated rings. The lowest BCUT2D eigenvalue weighted by molar-refractivity contribution is -0.139. The summed E-state index contributed by atoms with van der Waals surface area (Å²) in [5.74, 6) is -0.771. The summed E-state index contributed by atoms with van der Waals surface area (Å²) in [6, 6.07) is 6.68. The highest BCUT2D eigenvalue weighted by atomic mass is 16.5. The largest absolute Gasteiger partial charge is 0.482 e. The van der Waals surface area contributed by atoms with Gasteiger partial charge in [0.2, 0.25) is 0 Å². The molecule has 1 unspecified atom stereocenters. The lowest BCUT2D eigenvalue weighted by atomic mass is 10.1. The second-order valence-electron chi connectivity index (χ2n) is 5.62. The zero-order valence-corrected chi connectivity index (χ0v) is 13.0. The Morgan fingerprint density at radius 3 is 3.00 bits per heavy atom. The molecule has 0 saturated carbocycles. The average molecular weight is 330 g/mol. The maximum absolute atomic E-state index is 12.8. The van der Waals surface area contributed by atoms with Gasteiger partial charge in [-0.05, 0) is 31.0 Å². The van der Waals surface area contributed by atoms with Gasteiger partial charge in [-0.1, -0.05) is 6.07 Å². The molecule has 0 radical (unpaired) electrons. The van der Waals surface area contributed by atoms with E-state index in [4.69, 9.17) is 9.84 Å². The molecule has 2 heterocycles. The molecular weight excluding hydrogens is 312 g/mol. The van der Waals surface area contributed by atoms with Gasteiger partial charge in [0.15, 0.2) is 6.61 Å². The molecule has 1 atom stereocenters. The fraction of sp³-hybridized carbons (Fsp3) is 0.375. The summed E-state index contributed by atoms with van der Waals surface area (Å²) in [6.45, 7) is 0.871. The van der Waals surface area contributed by atoms with Gasteiger partial charge < -0.3 is 14.7 Å². The Labute approximate surface area is 138 Å². The number of likely N-dealkylation sites (tertiary alicyclic amines) is 1. The number of aliphatic carboxylic acids is 1. The van der Waals surface area contributed by atoms with Gasteiger partial charge >= 0.3 is 5.97 Å². The van der Waals surface area contributed by atoms with Gasteiger partial charge in [0.05, 0.1) is 12.6 Å². The molecule has 8 nitrogen and oxygen atoms in total. The van der Waals surface area contributed by atoms with Crippen LogP contribution in [0.3, 0.4) is 0 Å². The molecule has 0 aliphatic carbocycles. The number of benzene rings is 1. The molecule has 0 bridgehead atoms. The summed E-state index contributed by atoms with van der Waals surface area (Å²) in [5.41, 5.74) is 0.489. The van der Waals surface area contributed by atoms with Gasteiger partial charge in [-0.25, -0.2) is 9.78 Å². The van der Waals surface area contributed by atoms with Crippen molar-refractivity contribution in [2.24, 2.45) is 0 Å². The zero-order valence-electron chi connectivity index (χ0n) is 13.0. The molecule has 3 rings (SSSR count). The van der Waals surface area contributed by atoms with Crippen LogP contribution in [-0.4, -0.2) is 55.8 Å². The highest BCUT2D eigenvalue weighted by molar-refractivity contribution is 5.95. The van der Waals surface area contributed by atoms with Gasteiger partial charge in [0, 0.05) is 12.1 Å². The van der Waals surface area contributed by atoms with Crippen molar-refractivity contribution in [3.63, 3.8) is 0 Å². The summed E-state index contributed by atoms with van der Waals surface area (Å²) in [7, 11) is 0. The number of hydrogen-bond acceptors (Lipinski definition) is 5. The minimum Gasteiger partial charge on any atom is -0.482 e. The zero-order chi connectivity index (χ0) is 16.9. The molecular formula is C16H18N4O4. The molecule has 1 amide bonds. The van der Waals surface area contributed by atoms with Gasteiger partial charge in [-0.2, -0.15) is 5.10 Å². The molecule has 1 aromatic carbocycles. The Bertz CT molecular complexity index is 717. The first-order chi connectivity index (χ1) is 11.6. The van der Waals surface area contributed by atoms with E-state index in [1.165, 1.54) is 6.33 Å². The Morgan fingerprint density at radius 2 is 2.25 bits per heavy atom. The third-order valence-electron chi connectivity index (χ3n) is 3.95. The first-order valence-corrected chi connectivity index (χ1v) is 7.71. The third-order valence-corrected chi connectivity index (χ3v) is 3.95. The van der Waals surface area contributed by atoms with Crippen LogP contribution in [0.2, 0.25) is 0 Å². The number of hydrogen-bond donors (Lipinski definition) is 1. The van der Waals surface area contributed by atoms with E-state index in [1.807, 2.05) is 4.90 Å². The Morgan fingerprint density at radius 1 is 1.38 bits per heavy atom. The molecule has 2 aromatic rings. The number of nitrogens with zero attached hydrogens (tertiary/aromatic N) is 4. The fourth-order valence-electron chi connectivity index (χ4n) is 2.87. The Hall–Kier alpha value is -2.90. The summed E-state index contributed by atoms with van der Waals surface area (Å²) in [6.07, 6.45) is 4.98. The SMILES string of the molecule is O=C(O)COc1cccc(C(=O)N2CCCC2Cn2cncn2)c1. The Balaban J connectivity index is 1.70. The maximum atomic E-state index is 12.8. The number of amides is 1. The van der Waals surface area contributed by atoms with Gasteiger partial charge in [-0.15, -0.1) is 0 Å². The molecule has 8 heteroatoms. The quantitative estimate of drug-likeness (QED) is 0.850. The number of carbonyl (C=O) groups excluding carboxylic acids is 1. The summed E-state index contributed by atoms with van der Waals surface area (Å²) >= 11 is 0. The van der Waals surface area contributed by atoms with Crippen LogP contribution in [0.1, 0.15) is 23.2 Å². The number of carbonyl (C=O) groups is 2. The summed E-state index contributed by atoms with van der Waals surface area (Å²) < 4.78 is 6.87. The van der Waals surface area contributed by atoms with Gasteiger partial charge in [-0.3, -0.25) is 9.48 Å². The molecule has 0 spiro atoms. The highest BCUT2D eigenvalue weighted by Gasteiger charge is 2.30. The van der Waals surface area contributed by atoms with Crippen LogP contribution in [-0.2, 0) is 11.3 Å². The van der Waals surface area contributed by atoms with Gasteiger partial charge in [0.25, 0.3) is 5.91 Å². The van der Waals surface area contributed by atoms with E-state index in [0.29, 0.717) is 24.4 Å². The van der Waals surface area contributed by atoms with Crippen LogP contribution in [0.25, 0.3) is 0 Å². The van der Waals surface area contributed by atoms with Crippen LogP contribution >= 0.6 is 0 Å². The maximum Gasteiger partial charge on any atom is 0.341 e. The van der Waals surface area contributed by atoms with E-state index in [-0.39, 0.29) is 11.9 Å². The van der Waals surface area contributed by atoms with Crippen molar-refractivity contribution < 1.29 is 19.4 Å². The summed E-state index contributed by atoms with van der Waals surface area (Å²) in [5, 5.41) is 12.8. The van der Waals surface area contributed by atoms with Crippen LogP contribution in [0.5, 0.6) is 5.75 Å². The second-order valence-corrected chi connectivity index (χ2v) is 5.62. The number of rotatable bonds is 6. The van der Waals surface area contributed by atoms with Crippen molar-refractivity contribution in [1.82, 2.24) is 19.7 Å². The van der Waals surface area contributed by atoms with Crippen LogP contribution < -0.4 is 4.74 Å². The molecule has 1 N–H and O–H groups in total. The van der Waals surface area contributed by atoms with E-state index < -0.39 is 12.6 Å². The highest BCUT2D eigenvalue weighted by Crippen LogP contribution is 2.23. The smallest absolute Gasteiger partial charge is 0.341 e. The molecule has 1 aromatic heterocycles. The van der Waals surface area contributed by atoms with Crippen molar-refractivity contribution in [2.75, 3.05) is 13.2 Å². The van der Waals surface area contributed by atoms with Crippen molar-refractivity contribution in [3.8, 4) is 5.75 Å². The number of carboxylic acids is 1. The second kappa shape index (κ2) is 7.12. The van der Waals surface area contributed by atoms with Crippen molar-refractivity contribution in [3.05, 3.63) is 42.5 Å². The van der Waals surface area contributed by atoms with E-state index in [0.717, 1.165) is 12.8 Å². The van der Waals surface area contributed by atoms with E-state index in [9.17, 15) is 9.59 Å². The van der Waals surface area contributed by atoms with Crippen molar-refractivity contribution in [1.29, 1.82) is 0 Å². The normalized spacial score (nSPS) is 17.0. The predicted octanol–water partition coefficient (Wildman–Crippen LogP) is 1.05. The molecule has 1 aliphatic heterocycles. The minimum atomic E-state index is -1.06. The van der Waals surface area contributed by atoms with E-state index in [2.05, 4.69) is 10.1 Å². The van der Waals surface area contributed by atoms with Crippen molar-refractivity contribution in [2.45, 2.75) is 25.4 Å². The number of ether oxygens (including phenoxy) is 1. The molecule has 1 aliphatic rings. The number of aromatic nitrogens is 3. The third kappa shape index (κ3) is 3.70. The fourth-order valence-corrected chi connectivity index (χ4v) is 2.87. The number of carboxylic acid groups (broad SMARTS) is 1. The summed E-state index contributed by atoms with van der Waals surface area (Å²) in [4.78, 5) is 29.1. The average Bonchev–Trinajstić information content (AvgIpc) is 3.25. The standard InChI is InChI=1S/C16H18N4O4/c21-15(22)9-24-14-5-1-3-12(7-14)16(23)20-6-2-4-13(20)8-19-11-17-10-18-19/h1,3,5,7,10-11,13H,2,4,6,8-9H2,(H,21,22). The first-order valence-electron chi connectivity index (χ1n) is 7.71. The van der Waals surface area contributed by atoms with Crippen molar-refractivity contribution >= 4 is 11.9 Å². The van der Waals surface area contributed by atoms with E-state index in [1.54, 1.807) is 35.3 Å². The predicted molar refractivity (Wildman–Crippen MR) is 83.7 cm³/mol. The van der Waals surface area contributed by atoms with Crippen LogP contribution in [0.15, 0.2) is 36.9 Å². The topological polar surface area (TPSA) is 97.6 Å². The Kier molecular flexibility index (Phi) is 4.74. The molecule has 126 valence electrons. The lowest BCUT2D eigenvalue weighted by Gasteiger charge is -2.24. The molecule has 24 heavy (non-hydrogen) atoms. The van der Waals surface area contributed by atoms with E-state index >= 15 is 0 Å². The molecule has 1 saturated heterocycles. The van der Waals surface area contributed by atoms with Crippen LogP contribution in [0, 0.1) is 0 Å². The monoisotopic (exact) mass is 330 g/mol.